The fourth-order valence-corrected chi connectivity index (χ4v) is 5.54. The van der Waals surface area contributed by atoms with E-state index in [2.05, 4.69) is 20.8 Å². The highest BCUT2D eigenvalue weighted by Crippen LogP contribution is 2.37. The molecule has 0 unspecified atom stereocenters. The van der Waals surface area contributed by atoms with Crippen molar-refractivity contribution >= 4 is 11.6 Å². The molecule has 0 N–H and O–H groups in total. The van der Waals surface area contributed by atoms with Crippen LogP contribution in [-0.2, 0) is 22.4 Å². The van der Waals surface area contributed by atoms with Gasteiger partial charge in [0.25, 0.3) is 0 Å². The molecule has 0 amide bonds. The lowest BCUT2D eigenvalue weighted by Gasteiger charge is -2.41. The molecule has 7 nitrogen and oxygen atoms in total. The second-order valence-corrected chi connectivity index (χ2v) is 8.91. The first-order chi connectivity index (χ1) is 14.8. The standard InChI is InChI=1S/C23H33N5O2/c24-16-20-19-6-7-28(18-4-2-1-3-5-18)17-21(19)23(27-10-14-30-15-11-27)25-22(20)26-8-12-29-13-9-26/h18H,1-15,17H2. The van der Waals surface area contributed by atoms with Crippen LogP contribution in [0.3, 0.4) is 0 Å². The molecule has 4 heterocycles. The van der Waals surface area contributed by atoms with Crippen molar-refractivity contribution in [3.63, 3.8) is 0 Å². The van der Waals surface area contributed by atoms with Gasteiger partial charge < -0.3 is 19.3 Å². The third-order valence-electron chi connectivity index (χ3n) is 7.21. The van der Waals surface area contributed by atoms with Crippen molar-refractivity contribution in [3.05, 3.63) is 16.7 Å². The van der Waals surface area contributed by atoms with Crippen molar-refractivity contribution in [2.24, 2.45) is 0 Å². The molecule has 0 spiro atoms. The van der Waals surface area contributed by atoms with Gasteiger partial charge in [0.2, 0.25) is 0 Å². The molecule has 3 aliphatic heterocycles. The number of rotatable bonds is 3. The minimum Gasteiger partial charge on any atom is -0.378 e. The Balaban J connectivity index is 1.54. The Bertz CT molecular complexity index is 790. The number of fused-ring (bicyclic) bond motifs is 1. The quantitative estimate of drug-likeness (QED) is 0.756. The highest BCUT2D eigenvalue weighted by atomic mass is 16.5. The van der Waals surface area contributed by atoms with E-state index in [0.717, 1.165) is 76.1 Å². The van der Waals surface area contributed by atoms with E-state index in [-0.39, 0.29) is 0 Å². The van der Waals surface area contributed by atoms with Gasteiger partial charge in [0, 0.05) is 50.9 Å². The van der Waals surface area contributed by atoms with Gasteiger partial charge in [0.15, 0.2) is 0 Å². The first kappa shape index (κ1) is 20.0. The Hall–Kier alpha value is -1.88. The maximum atomic E-state index is 10.1. The molecule has 0 bridgehead atoms. The summed E-state index contributed by atoms with van der Waals surface area (Å²) in [6.07, 6.45) is 7.65. The summed E-state index contributed by atoms with van der Waals surface area (Å²) < 4.78 is 11.2. The van der Waals surface area contributed by atoms with Gasteiger partial charge in [-0.25, -0.2) is 4.98 Å². The van der Waals surface area contributed by atoms with Gasteiger partial charge in [-0.3, -0.25) is 4.90 Å². The van der Waals surface area contributed by atoms with Crippen LogP contribution in [0.4, 0.5) is 11.6 Å². The summed E-state index contributed by atoms with van der Waals surface area (Å²) in [6, 6.07) is 3.23. The second-order valence-electron chi connectivity index (χ2n) is 8.91. The molecule has 7 heteroatoms. The van der Waals surface area contributed by atoms with E-state index >= 15 is 0 Å². The van der Waals surface area contributed by atoms with Gasteiger partial charge in [-0.05, 0) is 24.8 Å². The number of pyridine rings is 1. The van der Waals surface area contributed by atoms with Crippen LogP contribution >= 0.6 is 0 Å². The molecule has 1 aromatic heterocycles. The monoisotopic (exact) mass is 411 g/mol. The SMILES string of the molecule is N#Cc1c(N2CCOCC2)nc(N2CCOCC2)c2c1CCN(C1CCCCC1)C2. The summed E-state index contributed by atoms with van der Waals surface area (Å²) in [7, 11) is 0. The van der Waals surface area contributed by atoms with E-state index in [1.807, 2.05) is 0 Å². The van der Waals surface area contributed by atoms with E-state index in [4.69, 9.17) is 14.5 Å². The zero-order chi connectivity index (χ0) is 20.3. The lowest BCUT2D eigenvalue weighted by molar-refractivity contribution is 0.120. The number of aromatic nitrogens is 1. The number of nitrogens with zero attached hydrogens (tertiary/aromatic N) is 5. The number of morpholine rings is 2. The normalized spacial score (nSPS) is 23.8. The zero-order valence-corrected chi connectivity index (χ0v) is 17.9. The van der Waals surface area contributed by atoms with Crippen LogP contribution in [0, 0.1) is 11.3 Å². The number of nitriles is 1. The number of ether oxygens (including phenoxy) is 2. The van der Waals surface area contributed by atoms with Crippen LogP contribution in [0.25, 0.3) is 0 Å². The summed E-state index contributed by atoms with van der Waals surface area (Å²) in [6.45, 7) is 8.23. The molecule has 0 aromatic carbocycles. The van der Waals surface area contributed by atoms with Crippen LogP contribution in [0.5, 0.6) is 0 Å². The molecule has 162 valence electrons. The van der Waals surface area contributed by atoms with Crippen LogP contribution < -0.4 is 9.80 Å². The predicted octanol–water partition coefficient (Wildman–Crippen LogP) is 2.32. The molecular weight excluding hydrogens is 378 g/mol. The minimum atomic E-state index is 0.689. The van der Waals surface area contributed by atoms with Crippen LogP contribution in [-0.4, -0.2) is 75.1 Å². The Labute approximate surface area is 179 Å². The molecule has 0 atom stereocenters. The molecule has 5 rings (SSSR count). The van der Waals surface area contributed by atoms with Crippen LogP contribution in [0.15, 0.2) is 0 Å². The summed E-state index contributed by atoms with van der Waals surface area (Å²) in [4.78, 5) is 12.5. The molecular formula is C23H33N5O2. The van der Waals surface area contributed by atoms with Crippen LogP contribution in [0.1, 0.15) is 48.8 Å². The highest BCUT2D eigenvalue weighted by molar-refractivity contribution is 5.68. The third kappa shape index (κ3) is 3.89. The molecule has 0 radical (unpaired) electrons. The fraction of sp³-hybridized carbons (Fsp3) is 0.739. The van der Waals surface area contributed by atoms with Gasteiger partial charge in [0.1, 0.15) is 17.7 Å². The van der Waals surface area contributed by atoms with Crippen molar-refractivity contribution in [2.75, 3.05) is 69.0 Å². The molecule has 30 heavy (non-hydrogen) atoms. The second kappa shape index (κ2) is 9.09. The molecule has 3 fully saturated rings. The Morgan fingerprint density at radius 2 is 1.43 bits per heavy atom. The van der Waals surface area contributed by atoms with Crippen molar-refractivity contribution in [3.8, 4) is 6.07 Å². The van der Waals surface area contributed by atoms with E-state index in [9.17, 15) is 5.26 Å². The van der Waals surface area contributed by atoms with Gasteiger partial charge in [-0.1, -0.05) is 19.3 Å². The zero-order valence-electron chi connectivity index (χ0n) is 17.9. The summed E-state index contributed by atoms with van der Waals surface area (Å²) >= 11 is 0. The molecule has 1 aliphatic carbocycles. The fourth-order valence-electron chi connectivity index (χ4n) is 5.54. The van der Waals surface area contributed by atoms with Crippen molar-refractivity contribution in [1.29, 1.82) is 5.26 Å². The molecule has 4 aliphatic rings. The number of hydrogen-bond donors (Lipinski definition) is 0. The van der Waals surface area contributed by atoms with E-state index in [1.54, 1.807) is 0 Å². The van der Waals surface area contributed by atoms with E-state index < -0.39 is 0 Å². The smallest absolute Gasteiger partial charge is 0.149 e. The van der Waals surface area contributed by atoms with Crippen molar-refractivity contribution in [1.82, 2.24) is 9.88 Å². The number of anilines is 2. The topological polar surface area (TPSA) is 64.9 Å². The molecule has 1 saturated carbocycles. The molecule has 1 aromatic rings. The van der Waals surface area contributed by atoms with Crippen molar-refractivity contribution in [2.45, 2.75) is 51.1 Å². The average molecular weight is 412 g/mol. The lowest BCUT2D eigenvalue weighted by atomic mass is 9.89. The van der Waals surface area contributed by atoms with Gasteiger partial charge in [-0.15, -0.1) is 0 Å². The summed E-state index contributed by atoms with van der Waals surface area (Å²) in [5.74, 6) is 1.96. The first-order valence-corrected chi connectivity index (χ1v) is 11.7. The Morgan fingerprint density at radius 3 is 2.07 bits per heavy atom. The van der Waals surface area contributed by atoms with Crippen molar-refractivity contribution < 1.29 is 9.47 Å². The van der Waals surface area contributed by atoms with Gasteiger partial charge in [0.05, 0.1) is 32.0 Å². The first-order valence-electron chi connectivity index (χ1n) is 11.7. The minimum absolute atomic E-state index is 0.689. The maximum Gasteiger partial charge on any atom is 0.149 e. The van der Waals surface area contributed by atoms with Gasteiger partial charge in [-0.2, -0.15) is 5.26 Å². The summed E-state index contributed by atoms with van der Waals surface area (Å²) in [5.41, 5.74) is 3.33. The van der Waals surface area contributed by atoms with Gasteiger partial charge >= 0.3 is 0 Å². The maximum absolute atomic E-state index is 10.1. The molecule has 2 saturated heterocycles. The highest BCUT2D eigenvalue weighted by Gasteiger charge is 2.33. The Morgan fingerprint density at radius 1 is 0.800 bits per heavy atom. The lowest BCUT2D eigenvalue weighted by Crippen LogP contribution is -2.44. The average Bonchev–Trinajstić information content (AvgIpc) is 2.84. The van der Waals surface area contributed by atoms with E-state index in [1.165, 1.54) is 43.2 Å². The van der Waals surface area contributed by atoms with Crippen LogP contribution in [0.2, 0.25) is 0 Å². The largest absolute Gasteiger partial charge is 0.378 e. The number of hydrogen-bond acceptors (Lipinski definition) is 7. The Kier molecular flexibility index (Phi) is 6.07. The third-order valence-corrected chi connectivity index (χ3v) is 7.21. The van der Waals surface area contributed by atoms with E-state index in [0.29, 0.717) is 19.3 Å². The summed E-state index contributed by atoms with van der Waals surface area (Å²) in [5, 5.41) is 10.1. The predicted molar refractivity (Wildman–Crippen MR) is 116 cm³/mol.